The maximum atomic E-state index is 12.8. The number of ether oxygens (including phenoxy) is 2. The van der Waals surface area contributed by atoms with Gasteiger partial charge in [-0.15, -0.1) is 0 Å². The molecule has 0 atom stereocenters. The van der Waals surface area contributed by atoms with Gasteiger partial charge in [0, 0.05) is 39.1 Å². The minimum absolute atomic E-state index is 0.0587. The fourth-order valence-corrected chi connectivity index (χ4v) is 3.82. The normalized spacial score (nSPS) is 11.9. The van der Waals surface area contributed by atoms with Crippen LogP contribution in [0.5, 0.6) is 0 Å². The minimum atomic E-state index is -2.00. The first-order valence-electron chi connectivity index (χ1n) is 10.6. The Kier molecular flexibility index (Phi) is 9.16. The highest BCUT2D eigenvalue weighted by atomic mass is 35.5. The van der Waals surface area contributed by atoms with Gasteiger partial charge in [0.05, 0.1) is 17.2 Å². The van der Waals surface area contributed by atoms with Gasteiger partial charge in [0.1, 0.15) is 23.4 Å². The Morgan fingerprint density at radius 1 is 1.29 bits per heavy atom. The van der Waals surface area contributed by atoms with Crippen molar-refractivity contribution in [2.75, 3.05) is 31.5 Å². The summed E-state index contributed by atoms with van der Waals surface area (Å²) in [5.41, 5.74) is 1.57. The van der Waals surface area contributed by atoms with Crippen LogP contribution >= 0.6 is 11.6 Å². The van der Waals surface area contributed by atoms with Gasteiger partial charge in [-0.25, -0.2) is 14.8 Å². The first kappa shape index (κ1) is 27.7. The lowest BCUT2D eigenvalue weighted by Crippen LogP contribution is -2.40. The molecule has 2 aromatic rings. The second kappa shape index (κ2) is 11.2. The van der Waals surface area contributed by atoms with Crippen LogP contribution in [-0.2, 0) is 20.5 Å². The van der Waals surface area contributed by atoms with E-state index in [0.29, 0.717) is 18.1 Å². The average molecular weight is 506 g/mol. The van der Waals surface area contributed by atoms with E-state index < -0.39 is 20.6 Å². The molecule has 0 aliphatic rings. The van der Waals surface area contributed by atoms with Gasteiger partial charge in [-0.05, 0) is 24.2 Å². The lowest BCUT2D eigenvalue weighted by Gasteiger charge is -2.36. The summed E-state index contributed by atoms with van der Waals surface area (Å²) in [5.74, 6) is 0.592. The highest BCUT2D eigenvalue weighted by Gasteiger charge is 2.37. The summed E-state index contributed by atoms with van der Waals surface area (Å²) in [5, 5.41) is 11.9. The van der Waals surface area contributed by atoms with Gasteiger partial charge in [0.15, 0.2) is 8.32 Å². The molecule has 34 heavy (non-hydrogen) atoms. The second-order valence-electron chi connectivity index (χ2n) is 9.22. The molecular formula is C23H32ClN5O4Si. The molecule has 2 heterocycles. The van der Waals surface area contributed by atoms with Crippen molar-refractivity contribution in [3.63, 3.8) is 0 Å². The summed E-state index contributed by atoms with van der Waals surface area (Å²) >= 11 is 6.03. The summed E-state index contributed by atoms with van der Waals surface area (Å²) in [6, 6.07) is 6.45. The average Bonchev–Trinajstić information content (AvgIpc) is 2.77. The molecular weight excluding hydrogens is 474 g/mol. The summed E-state index contributed by atoms with van der Waals surface area (Å²) in [4.78, 5) is 22.8. The van der Waals surface area contributed by atoms with Crippen LogP contribution in [0.25, 0.3) is 0 Å². The Hall–Kier alpha value is -2.55. The van der Waals surface area contributed by atoms with Gasteiger partial charge >= 0.3 is 6.03 Å². The van der Waals surface area contributed by atoms with E-state index in [4.69, 9.17) is 30.8 Å². The van der Waals surface area contributed by atoms with Crippen LogP contribution < -0.4 is 10.2 Å². The molecule has 0 bridgehead atoms. The number of methoxy groups -OCH3 is 2. The molecule has 0 saturated carbocycles. The molecule has 0 fully saturated rings. The summed E-state index contributed by atoms with van der Waals surface area (Å²) < 4.78 is 17.3. The number of rotatable bonds is 8. The van der Waals surface area contributed by atoms with Crippen LogP contribution in [-0.4, -0.2) is 45.6 Å². The fourth-order valence-electron chi connectivity index (χ4n) is 2.68. The summed E-state index contributed by atoms with van der Waals surface area (Å²) in [7, 11) is 2.63. The van der Waals surface area contributed by atoms with Gasteiger partial charge in [-0.3, -0.25) is 10.2 Å². The highest BCUT2D eigenvalue weighted by molar-refractivity contribution is 6.74. The number of anilines is 2. The molecule has 11 heteroatoms. The van der Waals surface area contributed by atoms with E-state index in [1.54, 1.807) is 13.1 Å². The van der Waals surface area contributed by atoms with Crippen LogP contribution in [0.4, 0.5) is 16.4 Å². The Labute approximate surface area is 207 Å². The van der Waals surface area contributed by atoms with Crippen LogP contribution in [0, 0.1) is 11.3 Å². The molecule has 1 N–H and O–H groups in total. The van der Waals surface area contributed by atoms with Crippen LogP contribution in [0.2, 0.25) is 23.2 Å². The number of aromatic nitrogens is 2. The third-order valence-corrected chi connectivity index (χ3v) is 10.7. The minimum Gasteiger partial charge on any atom is -0.412 e. The van der Waals surface area contributed by atoms with Gasteiger partial charge in [-0.1, -0.05) is 38.4 Å². The largest absolute Gasteiger partial charge is 0.412 e. The van der Waals surface area contributed by atoms with E-state index in [1.165, 1.54) is 31.4 Å². The molecule has 0 aromatic carbocycles. The van der Waals surface area contributed by atoms with Crippen molar-refractivity contribution in [2.24, 2.45) is 0 Å². The lowest BCUT2D eigenvalue weighted by atomic mass is 10.2. The Balaban J connectivity index is 2.29. The van der Waals surface area contributed by atoms with Crippen molar-refractivity contribution in [3.8, 4) is 6.07 Å². The predicted octanol–water partition coefficient (Wildman–Crippen LogP) is 5.48. The van der Waals surface area contributed by atoms with E-state index in [0.717, 1.165) is 5.56 Å². The fraction of sp³-hybridized carbons (Fsp3) is 0.478. The number of carbonyl (C=O) groups is 1. The number of nitrogens with one attached hydrogen (secondary N) is 1. The smallest absolute Gasteiger partial charge is 0.328 e. The molecule has 0 unspecified atom stereocenters. The van der Waals surface area contributed by atoms with E-state index in [-0.39, 0.29) is 21.4 Å². The number of nitriles is 1. The quantitative estimate of drug-likeness (QED) is 0.373. The number of halogens is 1. The van der Waals surface area contributed by atoms with Gasteiger partial charge in [0.25, 0.3) is 0 Å². The lowest BCUT2D eigenvalue weighted by molar-refractivity contribution is -0.109. The number of pyridine rings is 2. The third-order valence-electron chi connectivity index (χ3n) is 5.90. The van der Waals surface area contributed by atoms with Crippen LogP contribution in [0.15, 0.2) is 24.4 Å². The predicted molar refractivity (Wildman–Crippen MR) is 134 cm³/mol. The maximum Gasteiger partial charge on any atom is 0.328 e. The van der Waals surface area contributed by atoms with Gasteiger partial charge in [-0.2, -0.15) is 5.26 Å². The molecule has 0 aliphatic carbocycles. The topological polar surface area (TPSA) is 110 Å². The zero-order valence-corrected chi connectivity index (χ0v) is 22.6. The summed E-state index contributed by atoms with van der Waals surface area (Å²) in [6.07, 6.45) is 0.571. The van der Waals surface area contributed by atoms with Crippen molar-refractivity contribution in [2.45, 2.75) is 51.8 Å². The first-order valence-corrected chi connectivity index (χ1v) is 13.9. The van der Waals surface area contributed by atoms with Crippen LogP contribution in [0.3, 0.4) is 0 Å². The first-order chi connectivity index (χ1) is 15.8. The molecule has 9 nitrogen and oxygen atoms in total. The van der Waals surface area contributed by atoms with E-state index >= 15 is 0 Å². The van der Waals surface area contributed by atoms with Crippen molar-refractivity contribution in [1.82, 2.24) is 9.97 Å². The SMILES string of the molecule is COC(OC)c1nc(N(C)C(=O)Nc2cc(Cl)c(C#N)cn2)ccc1CO[Si](C)(C)C(C)(C)C. The number of carbonyl (C=O) groups excluding carboxylic acids is 1. The van der Waals surface area contributed by atoms with Crippen molar-refractivity contribution < 1.29 is 18.7 Å². The Morgan fingerprint density at radius 2 is 1.94 bits per heavy atom. The van der Waals surface area contributed by atoms with Crippen molar-refractivity contribution >= 4 is 37.6 Å². The van der Waals surface area contributed by atoms with Crippen molar-refractivity contribution in [3.05, 3.63) is 46.2 Å². The third kappa shape index (κ3) is 6.52. The number of hydrogen-bond donors (Lipinski definition) is 1. The molecule has 0 spiro atoms. The zero-order chi connectivity index (χ0) is 25.7. The van der Waals surface area contributed by atoms with Gasteiger partial charge in [0.2, 0.25) is 6.29 Å². The molecule has 0 saturated heterocycles. The number of urea groups is 1. The molecule has 0 radical (unpaired) electrons. The molecule has 0 aliphatic heterocycles. The zero-order valence-electron chi connectivity index (χ0n) is 20.9. The molecule has 2 aromatic heterocycles. The number of amides is 2. The number of nitrogens with zero attached hydrogens (tertiary/aromatic N) is 4. The van der Waals surface area contributed by atoms with E-state index in [9.17, 15) is 4.79 Å². The highest BCUT2D eigenvalue weighted by Crippen LogP contribution is 2.37. The monoisotopic (exact) mass is 505 g/mol. The van der Waals surface area contributed by atoms with Gasteiger partial charge < -0.3 is 13.9 Å². The van der Waals surface area contributed by atoms with E-state index in [1.807, 2.05) is 12.1 Å². The Bertz CT molecular complexity index is 1060. The molecule has 184 valence electrons. The summed E-state index contributed by atoms with van der Waals surface area (Å²) in [6.45, 7) is 11.3. The second-order valence-corrected chi connectivity index (χ2v) is 14.4. The van der Waals surface area contributed by atoms with Crippen molar-refractivity contribution in [1.29, 1.82) is 5.26 Å². The molecule has 2 rings (SSSR count). The Morgan fingerprint density at radius 3 is 2.47 bits per heavy atom. The number of hydrogen-bond acceptors (Lipinski definition) is 7. The maximum absolute atomic E-state index is 12.8. The molecule has 2 amide bonds. The van der Waals surface area contributed by atoms with Crippen LogP contribution in [0.1, 0.15) is 43.9 Å². The van der Waals surface area contributed by atoms with E-state index in [2.05, 4.69) is 49.1 Å². The standard InChI is InChI=1S/C23H32ClN5O4Si/c1-23(2,3)34(7,8)33-14-15-9-10-19(28-20(15)21(31-5)32-6)29(4)22(30)27-18-11-17(24)16(12-25)13-26-18/h9-11,13,21H,14H2,1-8H3,(H,26,27,30).